The van der Waals surface area contributed by atoms with Crippen molar-refractivity contribution in [3.8, 4) is 0 Å². The molecular formula is C14H15F3N2O. The molecule has 1 saturated heterocycles. The molecule has 1 aromatic rings. The van der Waals surface area contributed by atoms with E-state index in [1.807, 2.05) is 0 Å². The zero-order valence-corrected chi connectivity index (χ0v) is 10.7. The molecule has 1 fully saturated rings. The minimum Gasteiger partial charge on any atom is -0.385 e. The van der Waals surface area contributed by atoms with Crippen LogP contribution >= 0.6 is 0 Å². The molecule has 108 valence electrons. The molecule has 2 aliphatic heterocycles. The lowest BCUT2D eigenvalue weighted by Crippen LogP contribution is -2.29. The lowest BCUT2D eigenvalue weighted by molar-refractivity contribution is -0.137. The van der Waals surface area contributed by atoms with Gasteiger partial charge in [-0.2, -0.15) is 13.2 Å². The van der Waals surface area contributed by atoms with E-state index in [-0.39, 0.29) is 18.2 Å². The van der Waals surface area contributed by atoms with Crippen LogP contribution < -0.4 is 5.73 Å². The van der Waals surface area contributed by atoms with Gasteiger partial charge < -0.3 is 10.5 Å². The number of benzene rings is 1. The van der Waals surface area contributed by atoms with E-state index in [0.29, 0.717) is 24.2 Å². The minimum absolute atomic E-state index is 0.0141. The molecule has 0 spiro atoms. The van der Waals surface area contributed by atoms with Crippen LogP contribution in [0.1, 0.15) is 24.0 Å². The number of halogens is 3. The Morgan fingerprint density at radius 1 is 1.35 bits per heavy atom. The van der Waals surface area contributed by atoms with Gasteiger partial charge in [0.05, 0.1) is 17.7 Å². The van der Waals surface area contributed by atoms with Crippen molar-refractivity contribution in [3.05, 3.63) is 35.4 Å². The van der Waals surface area contributed by atoms with E-state index in [0.717, 1.165) is 12.5 Å². The van der Waals surface area contributed by atoms with Crippen LogP contribution in [0.4, 0.5) is 13.2 Å². The molecule has 1 aromatic carbocycles. The highest BCUT2D eigenvalue weighted by Gasteiger charge is 2.46. The number of fused-ring (bicyclic) bond motifs is 1. The molecule has 2 heterocycles. The van der Waals surface area contributed by atoms with Crippen molar-refractivity contribution >= 4 is 5.84 Å². The first-order chi connectivity index (χ1) is 9.43. The zero-order valence-electron chi connectivity index (χ0n) is 10.7. The molecular weight excluding hydrogens is 269 g/mol. The number of hydrogen-bond acceptors (Lipinski definition) is 3. The van der Waals surface area contributed by atoms with Crippen LogP contribution in [-0.4, -0.2) is 24.1 Å². The topological polar surface area (TPSA) is 50.9 Å². The first kappa shape index (κ1) is 13.4. The molecule has 0 saturated carbocycles. The summed E-state index contributed by atoms with van der Waals surface area (Å²) in [5, 5.41) is 0. The Morgan fingerprint density at radius 3 is 2.85 bits per heavy atom. The quantitative estimate of drug-likeness (QED) is 0.867. The number of ether oxygens (including phenoxy) is 1. The average molecular weight is 284 g/mol. The van der Waals surface area contributed by atoms with Gasteiger partial charge in [0.25, 0.3) is 0 Å². The van der Waals surface area contributed by atoms with Gasteiger partial charge in [0.1, 0.15) is 11.9 Å². The fraction of sp³-hybridized carbons (Fsp3) is 0.500. The summed E-state index contributed by atoms with van der Waals surface area (Å²) in [7, 11) is 0. The number of nitrogens with two attached hydrogens (primary N) is 1. The van der Waals surface area contributed by atoms with E-state index in [9.17, 15) is 13.2 Å². The van der Waals surface area contributed by atoms with Gasteiger partial charge in [0.15, 0.2) is 0 Å². The lowest BCUT2D eigenvalue weighted by Gasteiger charge is -2.16. The van der Waals surface area contributed by atoms with Crippen molar-refractivity contribution in [2.24, 2.45) is 10.7 Å². The number of amidine groups is 1. The fourth-order valence-corrected chi connectivity index (χ4v) is 2.61. The largest absolute Gasteiger partial charge is 0.416 e. The second-order valence-electron chi connectivity index (χ2n) is 5.28. The SMILES string of the molecule is NC1=N[C@@H](CCc2cccc(C(F)(F)F)c2)CC2OC12. The highest BCUT2D eigenvalue weighted by atomic mass is 19.4. The van der Waals surface area contributed by atoms with Gasteiger partial charge in [-0.15, -0.1) is 0 Å². The standard InChI is InChI=1S/C14H15F3N2O/c15-14(16,17)9-3-1-2-8(6-9)4-5-10-7-11-12(20-11)13(18)19-10/h1-3,6,10-12H,4-5,7H2,(H2,18,19)/t10-,11?,12?/m0/s1. The summed E-state index contributed by atoms with van der Waals surface area (Å²) >= 11 is 0. The van der Waals surface area contributed by atoms with Crippen LogP contribution in [0.15, 0.2) is 29.3 Å². The van der Waals surface area contributed by atoms with E-state index in [1.165, 1.54) is 12.1 Å². The number of alkyl halides is 3. The Morgan fingerprint density at radius 2 is 2.15 bits per heavy atom. The summed E-state index contributed by atoms with van der Waals surface area (Å²) in [6.45, 7) is 0. The van der Waals surface area contributed by atoms with Crippen molar-refractivity contribution in [2.75, 3.05) is 0 Å². The van der Waals surface area contributed by atoms with Gasteiger partial charge in [0.2, 0.25) is 0 Å². The summed E-state index contributed by atoms with van der Waals surface area (Å²) in [5.74, 6) is 0.523. The van der Waals surface area contributed by atoms with Crippen LogP contribution in [0.3, 0.4) is 0 Å². The smallest absolute Gasteiger partial charge is 0.385 e. The van der Waals surface area contributed by atoms with Crippen molar-refractivity contribution in [2.45, 2.75) is 43.7 Å². The van der Waals surface area contributed by atoms with Crippen molar-refractivity contribution in [1.29, 1.82) is 0 Å². The number of nitrogens with zero attached hydrogens (tertiary/aromatic N) is 1. The zero-order chi connectivity index (χ0) is 14.3. The molecule has 2 aliphatic rings. The van der Waals surface area contributed by atoms with Crippen LogP contribution in [0.5, 0.6) is 0 Å². The number of hydrogen-bond donors (Lipinski definition) is 1. The molecule has 6 heteroatoms. The third kappa shape index (κ3) is 2.80. The van der Waals surface area contributed by atoms with E-state index in [2.05, 4.69) is 4.99 Å². The summed E-state index contributed by atoms with van der Waals surface area (Å²) in [4.78, 5) is 4.34. The van der Waals surface area contributed by atoms with E-state index in [1.54, 1.807) is 6.07 Å². The molecule has 2 N–H and O–H groups in total. The molecule has 0 amide bonds. The minimum atomic E-state index is -4.29. The fourth-order valence-electron chi connectivity index (χ4n) is 2.61. The molecule has 2 unspecified atom stereocenters. The maximum atomic E-state index is 12.6. The van der Waals surface area contributed by atoms with E-state index >= 15 is 0 Å². The van der Waals surface area contributed by atoms with Crippen LogP contribution in [0, 0.1) is 0 Å². The molecule has 0 radical (unpaired) electrons. The first-order valence-corrected chi connectivity index (χ1v) is 6.58. The second kappa shape index (κ2) is 4.77. The predicted molar refractivity (Wildman–Crippen MR) is 68.5 cm³/mol. The average Bonchev–Trinajstić information content (AvgIpc) is 3.16. The highest BCUT2D eigenvalue weighted by molar-refractivity contribution is 5.88. The Balaban J connectivity index is 1.63. The van der Waals surface area contributed by atoms with Crippen LogP contribution in [0.2, 0.25) is 0 Å². The number of aryl methyl sites for hydroxylation is 1. The number of epoxide rings is 1. The summed E-state index contributed by atoms with van der Waals surface area (Å²) < 4.78 is 43.2. The predicted octanol–water partition coefficient (Wildman–Crippen LogP) is 2.53. The Labute approximate surface area is 114 Å². The highest BCUT2D eigenvalue weighted by Crippen LogP contribution is 2.33. The van der Waals surface area contributed by atoms with Crippen LogP contribution in [0.25, 0.3) is 0 Å². The normalized spacial score (nSPS) is 28.8. The third-order valence-corrected chi connectivity index (χ3v) is 3.73. The van der Waals surface area contributed by atoms with Gasteiger partial charge in [0, 0.05) is 0 Å². The van der Waals surface area contributed by atoms with Gasteiger partial charge in [-0.3, -0.25) is 4.99 Å². The number of aliphatic imine (C=N–C) groups is 1. The summed E-state index contributed by atoms with van der Waals surface area (Å²) in [6, 6.07) is 5.49. The van der Waals surface area contributed by atoms with Gasteiger partial charge >= 0.3 is 6.18 Å². The van der Waals surface area contributed by atoms with Crippen molar-refractivity contribution in [3.63, 3.8) is 0 Å². The molecule has 3 atom stereocenters. The van der Waals surface area contributed by atoms with Crippen LogP contribution in [-0.2, 0) is 17.3 Å². The molecule has 3 rings (SSSR count). The molecule has 3 nitrogen and oxygen atoms in total. The monoisotopic (exact) mass is 284 g/mol. The van der Waals surface area contributed by atoms with Gasteiger partial charge in [-0.1, -0.05) is 18.2 Å². The summed E-state index contributed by atoms with van der Waals surface area (Å²) in [5.41, 5.74) is 5.81. The Kier molecular flexibility index (Phi) is 3.20. The maximum absolute atomic E-state index is 12.6. The van der Waals surface area contributed by atoms with Gasteiger partial charge in [-0.05, 0) is 30.9 Å². The molecule has 0 aliphatic carbocycles. The second-order valence-corrected chi connectivity index (χ2v) is 5.28. The molecule has 0 aromatic heterocycles. The summed E-state index contributed by atoms with van der Waals surface area (Å²) in [6.07, 6.45) is -2.08. The molecule has 20 heavy (non-hydrogen) atoms. The Hall–Kier alpha value is -1.56. The third-order valence-electron chi connectivity index (χ3n) is 3.73. The van der Waals surface area contributed by atoms with Crippen molar-refractivity contribution < 1.29 is 17.9 Å². The van der Waals surface area contributed by atoms with Gasteiger partial charge in [-0.25, -0.2) is 0 Å². The lowest BCUT2D eigenvalue weighted by atomic mass is 9.98. The van der Waals surface area contributed by atoms with E-state index < -0.39 is 11.7 Å². The van der Waals surface area contributed by atoms with E-state index in [4.69, 9.17) is 10.5 Å². The van der Waals surface area contributed by atoms with Crippen molar-refractivity contribution in [1.82, 2.24) is 0 Å². The molecule has 0 bridgehead atoms. The maximum Gasteiger partial charge on any atom is 0.416 e. The Bertz CT molecular complexity index is 541. The number of rotatable bonds is 3. The first-order valence-electron chi connectivity index (χ1n) is 6.58.